The van der Waals surface area contributed by atoms with Crippen LogP contribution in [0, 0.1) is 13.8 Å². The molecule has 32 heavy (non-hydrogen) atoms. The lowest BCUT2D eigenvalue weighted by Gasteiger charge is -2.23. The molecule has 0 bridgehead atoms. The monoisotopic (exact) mass is 469 g/mol. The topological polar surface area (TPSA) is 61.8 Å². The van der Waals surface area contributed by atoms with E-state index in [0.29, 0.717) is 24.3 Å². The number of hydrogen-bond acceptors (Lipinski definition) is 5. The second-order valence-electron chi connectivity index (χ2n) is 7.54. The number of para-hydroxylation sites is 1. The van der Waals surface area contributed by atoms with Crippen LogP contribution in [0.5, 0.6) is 17.2 Å². The van der Waals surface area contributed by atoms with Gasteiger partial charge in [-0.15, -0.1) is 0 Å². The second kappa shape index (κ2) is 10.7. The van der Waals surface area contributed by atoms with Gasteiger partial charge in [0, 0.05) is 12.8 Å². The Morgan fingerprint density at radius 1 is 0.812 bits per heavy atom. The Balaban J connectivity index is 1.77. The van der Waals surface area contributed by atoms with E-state index in [0.717, 1.165) is 28.0 Å². The van der Waals surface area contributed by atoms with Crippen LogP contribution in [0.15, 0.2) is 66.7 Å². The fourth-order valence-electron chi connectivity index (χ4n) is 3.48. The number of benzene rings is 3. The zero-order valence-corrected chi connectivity index (χ0v) is 20.5. The van der Waals surface area contributed by atoms with Crippen LogP contribution >= 0.6 is 16.7 Å². The molecule has 7 heteroatoms. The van der Waals surface area contributed by atoms with Crippen molar-refractivity contribution in [1.82, 2.24) is 0 Å². The van der Waals surface area contributed by atoms with E-state index in [1.165, 1.54) is 0 Å². The summed E-state index contributed by atoms with van der Waals surface area (Å²) < 4.78 is 41.1. The second-order valence-corrected chi connectivity index (χ2v) is 9.38. The molecule has 3 rings (SSSR count). The highest BCUT2D eigenvalue weighted by molar-refractivity contribution is 7.41. The summed E-state index contributed by atoms with van der Waals surface area (Å²) in [5.41, 5.74) is 3.97. The molecule has 0 N–H and O–H groups in total. The van der Waals surface area contributed by atoms with Crippen LogP contribution in [0.25, 0.3) is 11.1 Å². The molecule has 3 aromatic carbocycles. The van der Waals surface area contributed by atoms with Gasteiger partial charge in [0.2, 0.25) is 0 Å². The van der Waals surface area contributed by atoms with Crippen LogP contribution in [0.4, 0.5) is 0 Å². The summed E-state index contributed by atoms with van der Waals surface area (Å²) >= 11 is 0. The summed E-state index contributed by atoms with van der Waals surface area (Å²) in [4.78, 5) is 0. The zero-order valence-electron chi connectivity index (χ0n) is 18.7. The highest BCUT2D eigenvalue weighted by atomic mass is 31.1. The summed E-state index contributed by atoms with van der Waals surface area (Å²) in [5.74, 6) is 1.82. The van der Waals surface area contributed by atoms with Gasteiger partial charge in [0.05, 0.1) is 0 Å². The van der Waals surface area contributed by atoms with Crippen LogP contribution in [-0.4, -0.2) is 5.34 Å². The fourth-order valence-corrected chi connectivity index (χ4v) is 4.85. The van der Waals surface area contributed by atoms with Crippen molar-refractivity contribution < 1.29 is 22.9 Å². The summed E-state index contributed by atoms with van der Waals surface area (Å²) in [7, 11) is -2.52. The molecule has 0 spiro atoms. The van der Waals surface area contributed by atoms with E-state index in [9.17, 15) is 9.13 Å². The van der Waals surface area contributed by atoms with Crippen LogP contribution < -0.4 is 13.8 Å². The van der Waals surface area contributed by atoms with Crippen molar-refractivity contribution in [3.05, 3.63) is 77.9 Å². The Labute approximate surface area is 191 Å². The molecule has 0 aliphatic rings. The van der Waals surface area contributed by atoms with Crippen LogP contribution in [-0.2, 0) is 9.13 Å². The first-order chi connectivity index (χ1) is 15.4. The van der Waals surface area contributed by atoms with E-state index in [4.69, 9.17) is 13.8 Å². The Morgan fingerprint density at radius 3 is 1.78 bits per heavy atom. The summed E-state index contributed by atoms with van der Waals surface area (Å²) in [6.45, 7) is 7.92. The van der Waals surface area contributed by atoms with Crippen LogP contribution in [0.2, 0.25) is 0 Å². The standard InChI is InChI=1S/C25H27O5P2/c1-5-25(6-2,28-24-18(3)8-7-9-19(24)4)32(27)30-23-16-12-21(13-17-23)20-10-14-22(15-11-20)29-31-26/h7-17H,5-6H2,1-4H3/q+1. The first-order valence-corrected chi connectivity index (χ1v) is 12.4. The molecule has 0 saturated carbocycles. The smallest absolute Gasteiger partial charge is 0.441 e. The highest BCUT2D eigenvalue weighted by Crippen LogP contribution is 2.48. The quantitative estimate of drug-likeness (QED) is 0.280. The van der Waals surface area contributed by atoms with Gasteiger partial charge in [-0.3, -0.25) is 4.52 Å². The maximum Gasteiger partial charge on any atom is 0.604 e. The Hall–Kier alpha value is -2.74. The van der Waals surface area contributed by atoms with Gasteiger partial charge in [0.15, 0.2) is 5.75 Å². The number of rotatable bonds is 10. The van der Waals surface area contributed by atoms with Crippen molar-refractivity contribution in [2.24, 2.45) is 0 Å². The van der Waals surface area contributed by atoms with Crippen LogP contribution in [0.3, 0.4) is 0 Å². The van der Waals surface area contributed by atoms with Gasteiger partial charge >= 0.3 is 22.1 Å². The van der Waals surface area contributed by atoms with Gasteiger partial charge in [0.1, 0.15) is 11.5 Å². The molecule has 0 aliphatic heterocycles. The summed E-state index contributed by atoms with van der Waals surface area (Å²) in [5, 5.41) is -0.915. The Kier molecular flexibility index (Phi) is 8.01. The largest absolute Gasteiger partial charge is 0.604 e. The van der Waals surface area contributed by atoms with Crippen molar-refractivity contribution in [2.75, 3.05) is 0 Å². The SMILES string of the molecule is CCC(CC)(Oc1c(C)cccc1C)[P+](=O)Oc1ccc(-c2ccc(OP=O)cc2)cc1. The minimum atomic E-state index is -2.14. The third kappa shape index (κ3) is 5.35. The minimum absolute atomic E-state index is 0.380. The molecule has 0 radical (unpaired) electrons. The normalized spacial score (nSPS) is 11.8. The van der Waals surface area contributed by atoms with E-state index < -0.39 is 13.4 Å². The van der Waals surface area contributed by atoms with Gasteiger partial charge < -0.3 is 9.26 Å². The third-order valence-corrected chi connectivity index (χ3v) is 7.56. The van der Waals surface area contributed by atoms with E-state index in [-0.39, 0.29) is 8.69 Å². The van der Waals surface area contributed by atoms with Crippen molar-refractivity contribution in [3.8, 4) is 28.4 Å². The molecule has 0 heterocycles. The Morgan fingerprint density at radius 2 is 1.31 bits per heavy atom. The molecular weight excluding hydrogens is 442 g/mol. The fraction of sp³-hybridized carbons (Fsp3) is 0.280. The lowest BCUT2D eigenvalue weighted by Crippen LogP contribution is -2.32. The molecule has 3 aromatic rings. The van der Waals surface area contributed by atoms with Crippen molar-refractivity contribution in [2.45, 2.75) is 45.9 Å². The number of aryl methyl sites for hydroxylation is 2. The maximum atomic E-state index is 13.3. The molecule has 1 unspecified atom stereocenters. The zero-order chi connectivity index (χ0) is 23.1. The van der Waals surface area contributed by atoms with Crippen molar-refractivity contribution in [3.63, 3.8) is 0 Å². The van der Waals surface area contributed by atoms with Crippen molar-refractivity contribution in [1.29, 1.82) is 0 Å². The van der Waals surface area contributed by atoms with Gasteiger partial charge in [-0.05, 0) is 64.9 Å². The van der Waals surface area contributed by atoms with Gasteiger partial charge in [-0.1, -0.05) is 56.3 Å². The lowest BCUT2D eigenvalue weighted by molar-refractivity contribution is 0.133. The van der Waals surface area contributed by atoms with Crippen LogP contribution in [0.1, 0.15) is 37.8 Å². The van der Waals surface area contributed by atoms with E-state index in [1.54, 1.807) is 24.3 Å². The highest BCUT2D eigenvalue weighted by Gasteiger charge is 2.52. The predicted molar refractivity (Wildman–Crippen MR) is 128 cm³/mol. The summed E-state index contributed by atoms with van der Waals surface area (Å²) in [6.07, 6.45) is 1.11. The van der Waals surface area contributed by atoms with E-state index >= 15 is 0 Å². The average molecular weight is 469 g/mol. The van der Waals surface area contributed by atoms with Crippen molar-refractivity contribution >= 4 is 16.7 Å². The average Bonchev–Trinajstić information content (AvgIpc) is 2.81. The third-order valence-electron chi connectivity index (χ3n) is 5.51. The molecule has 0 aliphatic carbocycles. The Bertz CT molecular complexity index is 1050. The maximum absolute atomic E-state index is 13.3. The van der Waals surface area contributed by atoms with E-state index in [1.807, 2.05) is 70.2 Å². The minimum Gasteiger partial charge on any atom is -0.441 e. The molecule has 0 saturated heterocycles. The molecule has 1 atom stereocenters. The van der Waals surface area contributed by atoms with Gasteiger partial charge in [-0.25, -0.2) is 4.57 Å². The molecule has 0 amide bonds. The lowest BCUT2D eigenvalue weighted by atomic mass is 10.1. The van der Waals surface area contributed by atoms with Gasteiger partial charge in [-0.2, -0.15) is 0 Å². The predicted octanol–water partition coefficient (Wildman–Crippen LogP) is 8.27. The van der Waals surface area contributed by atoms with E-state index in [2.05, 4.69) is 0 Å². The molecule has 0 aromatic heterocycles. The summed E-state index contributed by atoms with van der Waals surface area (Å²) in [6, 6.07) is 20.7. The molecule has 5 nitrogen and oxygen atoms in total. The number of hydrogen-bond donors (Lipinski definition) is 0. The molecule has 0 fully saturated rings. The molecular formula is C25H27O5P2+. The van der Waals surface area contributed by atoms with Gasteiger partial charge in [0.25, 0.3) is 0 Å². The number of ether oxygens (including phenoxy) is 1. The molecule has 166 valence electrons. The first-order valence-electron chi connectivity index (χ1n) is 10.5. The first kappa shape index (κ1) is 23.9.